The Bertz CT molecular complexity index is 512. The molecule has 0 fully saturated rings. The van der Waals surface area contributed by atoms with E-state index in [1.54, 1.807) is 0 Å². The van der Waals surface area contributed by atoms with Crippen LogP contribution in [0.2, 0.25) is 0 Å². The molecule has 0 amide bonds. The first kappa shape index (κ1) is 11.6. The number of benzene rings is 2. The van der Waals surface area contributed by atoms with Gasteiger partial charge in [-0.05, 0) is 35.4 Å². The Balaban J connectivity index is 2.56. The van der Waals surface area contributed by atoms with E-state index in [1.807, 2.05) is 0 Å². The Hall–Kier alpha value is -1.84. The van der Waals surface area contributed by atoms with Crippen molar-refractivity contribution in [1.29, 1.82) is 0 Å². The molecular formula is C13H7F4. The zero-order valence-corrected chi connectivity index (χ0v) is 8.55. The van der Waals surface area contributed by atoms with Crippen LogP contribution in [-0.2, 0) is 6.18 Å². The summed E-state index contributed by atoms with van der Waals surface area (Å²) < 4.78 is 50.9. The second-order valence-corrected chi connectivity index (χ2v) is 3.48. The van der Waals surface area contributed by atoms with E-state index in [0.717, 1.165) is 18.2 Å². The van der Waals surface area contributed by atoms with Gasteiger partial charge >= 0.3 is 6.18 Å². The predicted octanol–water partition coefficient (Wildman–Crippen LogP) is 4.31. The van der Waals surface area contributed by atoms with Crippen LogP contribution in [0, 0.1) is 11.9 Å². The molecule has 0 heterocycles. The fraction of sp³-hybridized carbons (Fsp3) is 0.0769. The SMILES string of the molecule is Fc1ccc(-c2cc[c]cc2C(F)(F)F)cc1. The highest BCUT2D eigenvalue weighted by molar-refractivity contribution is 5.67. The highest BCUT2D eigenvalue weighted by Gasteiger charge is 2.33. The summed E-state index contributed by atoms with van der Waals surface area (Å²) in [5, 5.41) is 0. The Morgan fingerprint density at radius 2 is 1.59 bits per heavy atom. The second kappa shape index (κ2) is 4.20. The van der Waals surface area contributed by atoms with Crippen molar-refractivity contribution in [2.24, 2.45) is 0 Å². The van der Waals surface area contributed by atoms with Gasteiger partial charge in [0, 0.05) is 0 Å². The fourth-order valence-electron chi connectivity index (χ4n) is 1.55. The number of alkyl halides is 3. The molecule has 2 rings (SSSR count). The molecule has 0 saturated heterocycles. The summed E-state index contributed by atoms with van der Waals surface area (Å²) in [6.07, 6.45) is -4.44. The van der Waals surface area contributed by atoms with Gasteiger partial charge in [0.05, 0.1) is 5.56 Å². The van der Waals surface area contributed by atoms with E-state index in [4.69, 9.17) is 0 Å². The van der Waals surface area contributed by atoms with Gasteiger partial charge < -0.3 is 0 Å². The molecule has 0 nitrogen and oxygen atoms in total. The number of hydrogen-bond donors (Lipinski definition) is 0. The van der Waals surface area contributed by atoms with Gasteiger partial charge in [0.25, 0.3) is 0 Å². The molecule has 87 valence electrons. The summed E-state index contributed by atoms with van der Waals surface area (Å²) in [5.74, 6) is -0.482. The van der Waals surface area contributed by atoms with Crippen LogP contribution < -0.4 is 0 Å². The molecule has 0 aliphatic carbocycles. The average molecular weight is 239 g/mol. The molecule has 0 aliphatic heterocycles. The standard InChI is InChI=1S/C13H7F4/c14-10-7-5-9(6-8-10)11-3-1-2-4-12(11)13(15,16)17/h1,3-8H. The third-order valence-corrected chi connectivity index (χ3v) is 2.32. The van der Waals surface area contributed by atoms with Crippen LogP contribution in [0.5, 0.6) is 0 Å². The van der Waals surface area contributed by atoms with Crippen molar-refractivity contribution in [2.75, 3.05) is 0 Å². The molecule has 0 N–H and O–H groups in total. The molecule has 2 aromatic carbocycles. The van der Waals surface area contributed by atoms with Crippen molar-refractivity contribution >= 4 is 0 Å². The third-order valence-electron chi connectivity index (χ3n) is 2.32. The molecule has 2 aromatic rings. The average Bonchev–Trinajstić information content (AvgIpc) is 2.29. The van der Waals surface area contributed by atoms with Crippen LogP contribution in [0.4, 0.5) is 17.6 Å². The maximum atomic E-state index is 12.7. The normalized spacial score (nSPS) is 11.5. The van der Waals surface area contributed by atoms with E-state index in [-0.39, 0.29) is 5.56 Å². The minimum Gasteiger partial charge on any atom is -0.207 e. The topological polar surface area (TPSA) is 0 Å². The molecule has 0 unspecified atom stereocenters. The minimum atomic E-state index is -4.44. The van der Waals surface area contributed by atoms with Gasteiger partial charge in [0.2, 0.25) is 0 Å². The molecule has 0 saturated carbocycles. The largest absolute Gasteiger partial charge is 0.417 e. The molecular weight excluding hydrogens is 232 g/mol. The van der Waals surface area contributed by atoms with E-state index >= 15 is 0 Å². The predicted molar refractivity (Wildman–Crippen MR) is 55.7 cm³/mol. The molecule has 1 radical (unpaired) electrons. The van der Waals surface area contributed by atoms with E-state index in [9.17, 15) is 17.6 Å². The Labute approximate surface area is 95.5 Å². The summed E-state index contributed by atoms with van der Waals surface area (Å²) in [5.41, 5.74) is -0.421. The van der Waals surface area contributed by atoms with E-state index in [1.165, 1.54) is 24.3 Å². The molecule has 0 aromatic heterocycles. The van der Waals surface area contributed by atoms with E-state index in [0.29, 0.717) is 5.56 Å². The van der Waals surface area contributed by atoms with Crippen molar-refractivity contribution in [2.45, 2.75) is 6.18 Å². The molecule has 0 aliphatic rings. The molecule has 17 heavy (non-hydrogen) atoms. The van der Waals surface area contributed by atoms with Gasteiger partial charge in [-0.15, -0.1) is 0 Å². The van der Waals surface area contributed by atoms with Crippen LogP contribution in [0.3, 0.4) is 0 Å². The first-order valence-corrected chi connectivity index (χ1v) is 4.82. The number of halogens is 4. The first-order chi connectivity index (χ1) is 7.98. The lowest BCUT2D eigenvalue weighted by atomic mass is 9.99. The third kappa shape index (κ3) is 2.46. The van der Waals surface area contributed by atoms with E-state index < -0.39 is 17.6 Å². The Morgan fingerprint density at radius 3 is 2.18 bits per heavy atom. The fourth-order valence-corrected chi connectivity index (χ4v) is 1.55. The van der Waals surface area contributed by atoms with Crippen molar-refractivity contribution < 1.29 is 17.6 Å². The molecule has 0 bridgehead atoms. The van der Waals surface area contributed by atoms with Crippen molar-refractivity contribution in [3.8, 4) is 11.1 Å². The first-order valence-electron chi connectivity index (χ1n) is 4.82. The number of rotatable bonds is 1. The van der Waals surface area contributed by atoms with Crippen molar-refractivity contribution in [1.82, 2.24) is 0 Å². The van der Waals surface area contributed by atoms with Crippen LogP contribution in [0.1, 0.15) is 5.56 Å². The number of hydrogen-bond acceptors (Lipinski definition) is 0. The van der Waals surface area contributed by atoms with Crippen LogP contribution in [-0.4, -0.2) is 0 Å². The van der Waals surface area contributed by atoms with Gasteiger partial charge in [-0.3, -0.25) is 0 Å². The lowest BCUT2D eigenvalue weighted by Crippen LogP contribution is -2.06. The monoisotopic (exact) mass is 239 g/mol. The van der Waals surface area contributed by atoms with Gasteiger partial charge in [-0.25, -0.2) is 4.39 Å². The maximum Gasteiger partial charge on any atom is 0.417 e. The summed E-state index contributed by atoms with van der Waals surface area (Å²) >= 11 is 0. The molecule has 4 heteroatoms. The second-order valence-electron chi connectivity index (χ2n) is 3.48. The molecule has 0 spiro atoms. The highest BCUT2D eigenvalue weighted by Crippen LogP contribution is 2.36. The Kier molecular flexibility index (Phi) is 2.88. The van der Waals surface area contributed by atoms with Crippen LogP contribution >= 0.6 is 0 Å². The summed E-state index contributed by atoms with van der Waals surface area (Å²) in [4.78, 5) is 0. The quantitative estimate of drug-likeness (QED) is 0.650. The zero-order chi connectivity index (χ0) is 12.5. The van der Waals surface area contributed by atoms with Crippen LogP contribution in [0.25, 0.3) is 11.1 Å². The van der Waals surface area contributed by atoms with Crippen LogP contribution in [0.15, 0.2) is 42.5 Å². The zero-order valence-electron chi connectivity index (χ0n) is 8.55. The summed E-state index contributed by atoms with van der Waals surface area (Å²) in [7, 11) is 0. The van der Waals surface area contributed by atoms with Gasteiger partial charge in [-0.2, -0.15) is 13.2 Å². The van der Waals surface area contributed by atoms with Crippen molar-refractivity contribution in [3.63, 3.8) is 0 Å². The minimum absolute atomic E-state index is 0.0243. The van der Waals surface area contributed by atoms with Gasteiger partial charge in [-0.1, -0.05) is 24.3 Å². The van der Waals surface area contributed by atoms with Gasteiger partial charge in [0.1, 0.15) is 5.82 Å². The summed E-state index contributed by atoms with van der Waals surface area (Å²) in [6, 6.07) is 10.9. The van der Waals surface area contributed by atoms with Crippen molar-refractivity contribution in [3.05, 3.63) is 59.9 Å². The Morgan fingerprint density at radius 1 is 0.941 bits per heavy atom. The van der Waals surface area contributed by atoms with Gasteiger partial charge in [0.15, 0.2) is 0 Å². The van der Waals surface area contributed by atoms with E-state index in [2.05, 4.69) is 6.07 Å². The highest BCUT2D eigenvalue weighted by atomic mass is 19.4. The lowest BCUT2D eigenvalue weighted by Gasteiger charge is -2.12. The summed E-state index contributed by atoms with van der Waals surface area (Å²) in [6.45, 7) is 0. The smallest absolute Gasteiger partial charge is 0.207 e. The maximum absolute atomic E-state index is 12.7. The lowest BCUT2D eigenvalue weighted by molar-refractivity contribution is -0.137. The molecule has 0 atom stereocenters.